The van der Waals surface area contributed by atoms with Crippen LogP contribution in [0.5, 0.6) is 0 Å². The lowest BCUT2D eigenvalue weighted by molar-refractivity contribution is 1.07. The third-order valence-corrected chi connectivity index (χ3v) is 3.95. The molecule has 106 valence electrons. The van der Waals surface area contributed by atoms with Crippen LogP contribution in [0, 0.1) is 0 Å². The average Bonchev–Trinajstić information content (AvgIpc) is 2.55. The van der Waals surface area contributed by atoms with Crippen molar-refractivity contribution in [3.8, 4) is 0 Å². The van der Waals surface area contributed by atoms with Crippen molar-refractivity contribution in [3.05, 3.63) is 88.5 Å². The number of nitrogens with one attached hydrogen (secondary N) is 1. The van der Waals surface area contributed by atoms with Crippen molar-refractivity contribution in [3.63, 3.8) is 0 Å². The zero-order valence-corrected chi connectivity index (χ0v) is 11.9. The van der Waals surface area contributed by atoms with Gasteiger partial charge >= 0.3 is 0 Å². The summed E-state index contributed by atoms with van der Waals surface area (Å²) in [4.78, 5) is 19.3. The highest BCUT2D eigenvalue weighted by atomic mass is 16.1. The van der Waals surface area contributed by atoms with Crippen molar-refractivity contribution in [2.45, 2.75) is 6.42 Å². The van der Waals surface area contributed by atoms with Crippen molar-refractivity contribution in [2.75, 3.05) is 0 Å². The molecule has 0 aliphatic heterocycles. The summed E-state index contributed by atoms with van der Waals surface area (Å²) < 4.78 is 0. The van der Waals surface area contributed by atoms with Gasteiger partial charge < -0.3 is 4.98 Å². The van der Waals surface area contributed by atoms with Crippen molar-refractivity contribution < 1.29 is 0 Å². The normalized spacial score (nSPS) is 11.1. The molecule has 1 N–H and O–H groups in total. The molecule has 3 nitrogen and oxygen atoms in total. The highest BCUT2D eigenvalue weighted by molar-refractivity contribution is 5.86. The molecule has 0 saturated carbocycles. The first-order valence-corrected chi connectivity index (χ1v) is 7.25. The molecular weight excluding hydrogens is 272 g/mol. The zero-order chi connectivity index (χ0) is 14.9. The van der Waals surface area contributed by atoms with Gasteiger partial charge in [0.1, 0.15) is 0 Å². The van der Waals surface area contributed by atoms with Crippen LogP contribution in [0.3, 0.4) is 0 Å². The van der Waals surface area contributed by atoms with E-state index in [-0.39, 0.29) is 5.56 Å². The van der Waals surface area contributed by atoms with Gasteiger partial charge in [-0.2, -0.15) is 0 Å². The summed E-state index contributed by atoms with van der Waals surface area (Å²) in [7, 11) is 0. The number of fused-ring (bicyclic) bond motifs is 2. The van der Waals surface area contributed by atoms with Crippen LogP contribution < -0.4 is 5.56 Å². The van der Waals surface area contributed by atoms with E-state index in [1.54, 1.807) is 6.07 Å². The predicted molar refractivity (Wildman–Crippen MR) is 89.1 cm³/mol. The monoisotopic (exact) mass is 286 g/mol. The van der Waals surface area contributed by atoms with Gasteiger partial charge in [-0.1, -0.05) is 42.5 Å². The topological polar surface area (TPSA) is 45.8 Å². The highest BCUT2D eigenvalue weighted by Crippen LogP contribution is 2.22. The molecule has 4 rings (SSSR count). The Balaban J connectivity index is 1.91. The van der Waals surface area contributed by atoms with E-state index >= 15 is 0 Å². The molecule has 2 heterocycles. The smallest absolute Gasteiger partial charge is 0.248 e. The summed E-state index contributed by atoms with van der Waals surface area (Å²) >= 11 is 0. The van der Waals surface area contributed by atoms with Gasteiger partial charge in [-0.3, -0.25) is 9.78 Å². The molecule has 0 spiro atoms. The number of nitrogens with zero attached hydrogens (tertiary/aromatic N) is 1. The lowest BCUT2D eigenvalue weighted by Gasteiger charge is -2.09. The second-order valence-corrected chi connectivity index (χ2v) is 5.36. The first kappa shape index (κ1) is 12.8. The van der Waals surface area contributed by atoms with Crippen LogP contribution in [0.1, 0.15) is 11.3 Å². The summed E-state index contributed by atoms with van der Waals surface area (Å²) in [5.41, 5.74) is 3.02. The molecule has 0 atom stereocenters. The number of benzene rings is 2. The largest absolute Gasteiger partial charge is 0.325 e. The Morgan fingerprint density at radius 1 is 0.909 bits per heavy atom. The third-order valence-electron chi connectivity index (χ3n) is 3.95. The Morgan fingerprint density at radius 2 is 1.68 bits per heavy atom. The number of pyridine rings is 2. The lowest BCUT2D eigenvalue weighted by atomic mass is 10.0. The SMILES string of the molecule is O=c1cc2ccccc2c(Cc2ccnc3ccccc23)[nH]1. The van der Waals surface area contributed by atoms with E-state index in [1.807, 2.05) is 54.7 Å². The van der Waals surface area contributed by atoms with Gasteiger partial charge in [-0.05, 0) is 23.1 Å². The number of aromatic amines is 1. The first-order chi connectivity index (χ1) is 10.8. The van der Waals surface area contributed by atoms with Crippen LogP contribution in [0.15, 0.2) is 71.7 Å². The molecule has 0 unspecified atom stereocenters. The molecule has 0 fully saturated rings. The van der Waals surface area contributed by atoms with Gasteiger partial charge in [0.05, 0.1) is 5.52 Å². The maximum absolute atomic E-state index is 11.9. The van der Waals surface area contributed by atoms with E-state index in [4.69, 9.17) is 0 Å². The third kappa shape index (κ3) is 2.17. The quantitative estimate of drug-likeness (QED) is 0.611. The minimum absolute atomic E-state index is 0.0629. The average molecular weight is 286 g/mol. The van der Waals surface area contributed by atoms with Crippen LogP contribution in [-0.2, 0) is 6.42 Å². The minimum atomic E-state index is -0.0629. The van der Waals surface area contributed by atoms with Gasteiger partial charge in [-0.15, -0.1) is 0 Å². The molecule has 0 radical (unpaired) electrons. The molecule has 0 bridgehead atoms. The Bertz CT molecular complexity index is 1030. The number of hydrogen-bond donors (Lipinski definition) is 1. The van der Waals surface area contributed by atoms with Crippen molar-refractivity contribution in [1.29, 1.82) is 0 Å². The van der Waals surface area contributed by atoms with Gasteiger partial charge in [0.25, 0.3) is 0 Å². The number of H-pyrrole nitrogens is 1. The summed E-state index contributed by atoms with van der Waals surface area (Å²) in [6, 6.07) is 19.7. The Labute approximate surface area is 127 Å². The summed E-state index contributed by atoms with van der Waals surface area (Å²) in [5, 5.41) is 3.18. The molecule has 0 aliphatic rings. The number of rotatable bonds is 2. The standard InChI is InChI=1S/C19H14N2O/c22-19-12-13-5-1-2-7-16(13)18(21-19)11-14-9-10-20-17-8-4-3-6-15(14)17/h1-10,12H,11H2,(H,21,22). The molecule has 0 amide bonds. The van der Waals surface area contributed by atoms with Crippen molar-refractivity contribution >= 4 is 21.7 Å². The molecule has 0 aliphatic carbocycles. The summed E-state index contributed by atoms with van der Waals surface area (Å²) in [6.45, 7) is 0. The van der Waals surface area contributed by atoms with Crippen LogP contribution >= 0.6 is 0 Å². The lowest BCUT2D eigenvalue weighted by Crippen LogP contribution is -2.08. The van der Waals surface area contributed by atoms with E-state index < -0.39 is 0 Å². The van der Waals surface area contributed by atoms with Crippen LogP contribution in [0.2, 0.25) is 0 Å². The Morgan fingerprint density at radius 3 is 2.59 bits per heavy atom. The van der Waals surface area contributed by atoms with Gasteiger partial charge in [0.15, 0.2) is 0 Å². The number of para-hydroxylation sites is 1. The molecule has 0 saturated heterocycles. The first-order valence-electron chi connectivity index (χ1n) is 7.25. The zero-order valence-electron chi connectivity index (χ0n) is 11.9. The maximum atomic E-state index is 11.9. The van der Waals surface area contributed by atoms with E-state index in [0.717, 1.165) is 32.9 Å². The van der Waals surface area contributed by atoms with Crippen LogP contribution in [0.25, 0.3) is 21.7 Å². The molecule has 3 heteroatoms. The molecule has 22 heavy (non-hydrogen) atoms. The maximum Gasteiger partial charge on any atom is 0.248 e. The van der Waals surface area contributed by atoms with Crippen LogP contribution in [0.4, 0.5) is 0 Å². The fourth-order valence-electron chi connectivity index (χ4n) is 2.93. The van der Waals surface area contributed by atoms with E-state index in [1.165, 1.54) is 0 Å². The van der Waals surface area contributed by atoms with Gasteiger partial charge in [-0.25, -0.2) is 0 Å². The highest BCUT2D eigenvalue weighted by Gasteiger charge is 2.07. The molecule has 2 aromatic heterocycles. The Hall–Kier alpha value is -2.94. The number of hydrogen-bond acceptors (Lipinski definition) is 2. The second kappa shape index (κ2) is 5.11. The Kier molecular flexibility index (Phi) is 2.97. The van der Waals surface area contributed by atoms with Crippen molar-refractivity contribution in [2.24, 2.45) is 0 Å². The fourth-order valence-corrected chi connectivity index (χ4v) is 2.93. The molecule has 4 aromatic rings. The van der Waals surface area contributed by atoms with E-state index in [2.05, 4.69) is 16.0 Å². The molecular formula is C19H14N2O. The fraction of sp³-hybridized carbons (Fsp3) is 0.0526. The van der Waals surface area contributed by atoms with Gasteiger partial charge in [0, 0.05) is 35.2 Å². The number of aromatic nitrogens is 2. The van der Waals surface area contributed by atoms with E-state index in [0.29, 0.717) is 6.42 Å². The second-order valence-electron chi connectivity index (χ2n) is 5.36. The summed E-state index contributed by atoms with van der Waals surface area (Å²) in [5.74, 6) is 0. The summed E-state index contributed by atoms with van der Waals surface area (Å²) in [6.07, 6.45) is 2.50. The predicted octanol–water partition coefficient (Wildman–Crippen LogP) is 3.67. The minimum Gasteiger partial charge on any atom is -0.325 e. The molecule has 2 aromatic carbocycles. The van der Waals surface area contributed by atoms with Gasteiger partial charge in [0.2, 0.25) is 5.56 Å². The van der Waals surface area contributed by atoms with Crippen molar-refractivity contribution in [1.82, 2.24) is 9.97 Å². The van der Waals surface area contributed by atoms with Crippen LogP contribution in [-0.4, -0.2) is 9.97 Å². The van der Waals surface area contributed by atoms with E-state index in [9.17, 15) is 4.79 Å².